The number of aliphatic hydroxyl groups excluding tert-OH is 1. The monoisotopic (exact) mass is 1250 g/mol. The summed E-state index contributed by atoms with van der Waals surface area (Å²) in [4.78, 5) is 72.3. The third-order valence-electron chi connectivity index (χ3n) is 15.8. The van der Waals surface area contributed by atoms with Crippen molar-refractivity contribution in [3.63, 3.8) is 0 Å². The molecule has 17 nitrogen and oxygen atoms in total. The molecule has 0 spiro atoms. The van der Waals surface area contributed by atoms with Crippen molar-refractivity contribution in [2.24, 2.45) is 23.7 Å². The zero-order valence-electron chi connectivity index (χ0n) is 55.2. The maximum absolute atomic E-state index is 13.0. The lowest BCUT2D eigenvalue weighted by atomic mass is 9.99. The highest BCUT2D eigenvalue weighted by Gasteiger charge is 2.30. The van der Waals surface area contributed by atoms with Gasteiger partial charge >= 0.3 is 39.5 Å². The lowest BCUT2D eigenvalue weighted by Gasteiger charge is -2.21. The van der Waals surface area contributed by atoms with Gasteiger partial charge < -0.3 is 33.8 Å². The first-order valence-electron chi connectivity index (χ1n) is 34.3. The Morgan fingerprint density at radius 1 is 0.329 bits per heavy atom. The van der Waals surface area contributed by atoms with Crippen LogP contribution in [0.25, 0.3) is 0 Å². The number of aliphatic hydroxyl groups is 1. The molecule has 0 aliphatic heterocycles. The first-order valence-corrected chi connectivity index (χ1v) is 37.3. The van der Waals surface area contributed by atoms with Crippen LogP contribution in [0, 0.1) is 23.7 Å². The average Bonchev–Trinajstić information content (AvgIpc) is 3.49. The van der Waals surface area contributed by atoms with Crippen molar-refractivity contribution in [3.05, 3.63) is 0 Å². The Bertz CT molecular complexity index is 1700. The maximum atomic E-state index is 13.0. The van der Waals surface area contributed by atoms with Gasteiger partial charge in [0.1, 0.15) is 19.3 Å². The minimum atomic E-state index is -4.95. The highest BCUT2D eigenvalue weighted by Crippen LogP contribution is 2.45. The van der Waals surface area contributed by atoms with Gasteiger partial charge in [0.2, 0.25) is 0 Å². The van der Waals surface area contributed by atoms with Crippen LogP contribution < -0.4 is 0 Å². The molecule has 3 N–H and O–H groups in total. The number of phosphoric acid groups is 2. The molecule has 19 heteroatoms. The molecule has 0 fully saturated rings. The normalized spacial score (nSPS) is 15.0. The average molecular weight is 1260 g/mol. The molecule has 0 aromatic heterocycles. The van der Waals surface area contributed by atoms with Gasteiger partial charge in [-0.15, -0.1) is 0 Å². The van der Waals surface area contributed by atoms with E-state index >= 15 is 0 Å². The van der Waals surface area contributed by atoms with Gasteiger partial charge in [-0.2, -0.15) is 0 Å². The van der Waals surface area contributed by atoms with Gasteiger partial charge in [0.25, 0.3) is 0 Å². The van der Waals surface area contributed by atoms with Crippen LogP contribution in [-0.4, -0.2) is 96.7 Å². The van der Waals surface area contributed by atoms with E-state index in [0.717, 1.165) is 120 Å². The summed E-state index contributed by atoms with van der Waals surface area (Å²) in [7, 11) is -9.90. The van der Waals surface area contributed by atoms with Gasteiger partial charge in [-0.05, 0) is 49.4 Å². The van der Waals surface area contributed by atoms with E-state index < -0.39 is 97.5 Å². The molecule has 7 atom stereocenters. The standard InChI is InChI=1S/C66H128O17P2/c1-9-58(7)44-36-28-20-15-17-23-33-41-49-66(71)83-62(53-77-64(69)47-39-31-25-24-29-37-45-59(8)10-2)55-81-85(74,75)79-51-60(67)50-78-84(72,73)80-54-61(52-76-63(68)46-38-30-21-16-14-19-27-35-43-57(5)6)82-65(70)48-40-32-22-13-11-12-18-26-34-42-56(3)4/h56-62,67H,9-55H2,1-8H3,(H,72,73)(H,74,75)/t58?,59?,60?,61-,62-/m1/s1. The minimum Gasteiger partial charge on any atom is -0.462 e. The number of ether oxygens (including phenoxy) is 4. The molecule has 5 unspecified atom stereocenters. The summed E-state index contributed by atoms with van der Waals surface area (Å²) in [5, 5.41) is 10.6. The smallest absolute Gasteiger partial charge is 0.462 e. The second-order valence-electron chi connectivity index (χ2n) is 25.3. The van der Waals surface area contributed by atoms with Gasteiger partial charge in [-0.3, -0.25) is 37.3 Å². The molecule has 0 aromatic carbocycles. The van der Waals surface area contributed by atoms with Gasteiger partial charge in [-0.25, -0.2) is 9.13 Å². The molecule has 0 amide bonds. The highest BCUT2D eigenvalue weighted by molar-refractivity contribution is 7.47. The molecule has 0 saturated heterocycles. The molecule has 504 valence electrons. The van der Waals surface area contributed by atoms with Crippen LogP contribution in [0.3, 0.4) is 0 Å². The SMILES string of the molecule is CCC(C)CCCCCCCCCCC(=O)O[C@H](COC(=O)CCCCCCCCC(C)CC)COP(=O)(O)OCC(O)COP(=O)(O)OC[C@@H](COC(=O)CCCCCCCCCCC(C)C)OC(=O)CCCCCCCCCCCC(C)C. The third kappa shape index (κ3) is 58.2. The molecular weight excluding hydrogens is 1130 g/mol. The lowest BCUT2D eigenvalue weighted by molar-refractivity contribution is -0.161. The fourth-order valence-corrected chi connectivity index (χ4v) is 11.3. The summed E-state index contributed by atoms with van der Waals surface area (Å²) >= 11 is 0. The molecular formula is C66H128O17P2. The molecule has 0 aliphatic carbocycles. The maximum Gasteiger partial charge on any atom is 0.472 e. The molecule has 0 rings (SSSR count). The summed E-state index contributed by atoms with van der Waals surface area (Å²) < 4.78 is 68.1. The number of unbranched alkanes of at least 4 members (excludes halogenated alkanes) is 27. The molecule has 0 aliphatic rings. The summed E-state index contributed by atoms with van der Waals surface area (Å²) in [6.07, 6.45) is 36.2. The van der Waals surface area contributed by atoms with Crippen LogP contribution in [0.5, 0.6) is 0 Å². The number of hydrogen-bond acceptors (Lipinski definition) is 15. The topological polar surface area (TPSA) is 237 Å². The molecule has 85 heavy (non-hydrogen) atoms. The quantitative estimate of drug-likeness (QED) is 0.0222. The fraction of sp³-hybridized carbons (Fsp3) is 0.939. The van der Waals surface area contributed by atoms with E-state index in [0.29, 0.717) is 25.7 Å². The van der Waals surface area contributed by atoms with Crippen molar-refractivity contribution in [3.8, 4) is 0 Å². The number of hydrogen-bond donors (Lipinski definition) is 3. The van der Waals surface area contributed by atoms with Crippen molar-refractivity contribution in [2.75, 3.05) is 39.6 Å². The summed E-state index contributed by atoms with van der Waals surface area (Å²) in [5.74, 6) is 0.825. The fourth-order valence-electron chi connectivity index (χ4n) is 9.72. The Balaban J connectivity index is 5.27. The lowest BCUT2D eigenvalue weighted by Crippen LogP contribution is -2.30. The summed E-state index contributed by atoms with van der Waals surface area (Å²) in [6, 6.07) is 0. The van der Waals surface area contributed by atoms with E-state index in [2.05, 4.69) is 55.4 Å². The van der Waals surface area contributed by atoms with E-state index in [9.17, 15) is 43.2 Å². The van der Waals surface area contributed by atoms with Crippen molar-refractivity contribution < 1.29 is 80.2 Å². The van der Waals surface area contributed by atoms with Crippen molar-refractivity contribution >= 4 is 39.5 Å². The van der Waals surface area contributed by atoms with Crippen LogP contribution in [0.4, 0.5) is 0 Å². The van der Waals surface area contributed by atoms with Crippen molar-refractivity contribution in [1.82, 2.24) is 0 Å². The molecule has 0 bridgehead atoms. The van der Waals surface area contributed by atoms with Crippen LogP contribution in [0.15, 0.2) is 0 Å². The van der Waals surface area contributed by atoms with Gasteiger partial charge in [0.05, 0.1) is 26.4 Å². The molecule has 0 aromatic rings. The first-order chi connectivity index (χ1) is 40.7. The van der Waals surface area contributed by atoms with E-state index in [4.69, 9.17) is 37.0 Å². The molecule has 0 radical (unpaired) electrons. The van der Waals surface area contributed by atoms with E-state index in [-0.39, 0.29) is 25.7 Å². The molecule has 0 saturated carbocycles. The second-order valence-corrected chi connectivity index (χ2v) is 28.2. The van der Waals surface area contributed by atoms with Gasteiger partial charge in [0.15, 0.2) is 12.2 Å². The largest absolute Gasteiger partial charge is 0.472 e. The Morgan fingerprint density at radius 3 is 0.835 bits per heavy atom. The van der Waals surface area contributed by atoms with E-state index in [1.54, 1.807) is 0 Å². The summed E-state index contributed by atoms with van der Waals surface area (Å²) in [6.45, 7) is 14.0. The number of esters is 4. The van der Waals surface area contributed by atoms with Gasteiger partial charge in [0, 0.05) is 25.7 Å². The van der Waals surface area contributed by atoms with E-state index in [1.807, 2.05) is 0 Å². The molecule has 0 heterocycles. The third-order valence-corrected chi connectivity index (χ3v) is 17.7. The van der Waals surface area contributed by atoms with Crippen LogP contribution in [0.1, 0.15) is 319 Å². The van der Waals surface area contributed by atoms with Gasteiger partial charge in [-0.1, -0.05) is 267 Å². The summed E-state index contributed by atoms with van der Waals surface area (Å²) in [5.41, 5.74) is 0. The highest BCUT2D eigenvalue weighted by atomic mass is 31.2. The zero-order chi connectivity index (χ0) is 63.2. The van der Waals surface area contributed by atoms with Crippen molar-refractivity contribution in [1.29, 1.82) is 0 Å². The Morgan fingerprint density at radius 2 is 0.565 bits per heavy atom. The number of carbonyl (C=O) groups excluding carboxylic acids is 4. The number of carbonyl (C=O) groups is 4. The Hall–Kier alpha value is -1.94. The number of rotatable bonds is 63. The zero-order valence-corrected chi connectivity index (χ0v) is 57.0. The predicted molar refractivity (Wildman–Crippen MR) is 340 cm³/mol. The van der Waals surface area contributed by atoms with Crippen LogP contribution in [-0.2, 0) is 65.4 Å². The first kappa shape index (κ1) is 83.1. The number of phosphoric ester groups is 2. The second kappa shape index (κ2) is 56.1. The van der Waals surface area contributed by atoms with Crippen LogP contribution in [0.2, 0.25) is 0 Å². The van der Waals surface area contributed by atoms with Crippen LogP contribution >= 0.6 is 15.6 Å². The minimum absolute atomic E-state index is 0.103. The van der Waals surface area contributed by atoms with E-state index in [1.165, 1.54) is 116 Å². The Kier molecular flexibility index (Phi) is 54.8. The Labute approximate surface area is 517 Å². The van der Waals surface area contributed by atoms with Crippen molar-refractivity contribution in [2.45, 2.75) is 337 Å². The predicted octanol–water partition coefficient (Wildman–Crippen LogP) is 18.1.